The number of benzene rings is 1. The van der Waals surface area contributed by atoms with Gasteiger partial charge in [-0.25, -0.2) is 4.99 Å². The van der Waals surface area contributed by atoms with Crippen molar-refractivity contribution in [2.75, 3.05) is 6.61 Å². The second-order valence-electron chi connectivity index (χ2n) is 6.51. The first-order valence-corrected chi connectivity index (χ1v) is 10.8. The van der Waals surface area contributed by atoms with Gasteiger partial charge in [0.2, 0.25) is 5.88 Å². The Hall–Kier alpha value is -2.74. The highest BCUT2D eigenvalue weighted by Gasteiger charge is 2.45. The molecule has 1 aromatic heterocycles. The Labute approximate surface area is 186 Å². The molecule has 1 aromatic carbocycles. The summed E-state index contributed by atoms with van der Waals surface area (Å²) in [7, 11) is 0. The quantitative estimate of drug-likeness (QED) is 0.436. The summed E-state index contributed by atoms with van der Waals surface area (Å²) in [6.07, 6.45) is 8.57. The predicted molar refractivity (Wildman–Crippen MR) is 123 cm³/mol. The van der Waals surface area contributed by atoms with Crippen molar-refractivity contribution in [3.05, 3.63) is 58.5 Å². The van der Waals surface area contributed by atoms with Gasteiger partial charge < -0.3 is 15.8 Å². The summed E-state index contributed by atoms with van der Waals surface area (Å²) >= 11 is 3.47. The van der Waals surface area contributed by atoms with Gasteiger partial charge in [0.1, 0.15) is 0 Å². The molecular weight excluding hydrogens is 446 g/mol. The van der Waals surface area contributed by atoms with E-state index in [9.17, 15) is 4.79 Å². The smallest absolute Gasteiger partial charge is 0.267 e. The first-order chi connectivity index (χ1) is 14.5. The van der Waals surface area contributed by atoms with Crippen LogP contribution in [-0.2, 0) is 10.3 Å². The number of allylic oxidation sites excluding steroid dienone is 1. The standard InChI is InChI=1S/C20H22BrN5O2.C2H6/c1-2-10-28-18-13-23-12-17(25-18)24-9-6-16(22)19(27)26-20(7-8-20)14-4-3-5-15(21)11-14;1-2/h3-6,9,11-13H,2,7-8,10,22H2,1H3,(H,26,27);1-2H3/b16-6-,24-9+;. The number of hydrogen-bond acceptors (Lipinski definition) is 6. The molecule has 3 rings (SSSR count). The number of nitrogens with one attached hydrogen (secondary N) is 1. The monoisotopic (exact) mass is 473 g/mol. The van der Waals surface area contributed by atoms with Crippen LogP contribution in [0.5, 0.6) is 5.88 Å². The molecule has 2 aromatic rings. The summed E-state index contributed by atoms with van der Waals surface area (Å²) in [6, 6.07) is 7.93. The van der Waals surface area contributed by atoms with E-state index < -0.39 is 0 Å². The molecule has 3 N–H and O–H groups in total. The molecule has 0 aliphatic heterocycles. The molecule has 0 radical (unpaired) electrons. The molecule has 1 aliphatic rings. The summed E-state index contributed by atoms with van der Waals surface area (Å²) < 4.78 is 6.40. The lowest BCUT2D eigenvalue weighted by molar-refractivity contribution is -0.118. The maximum atomic E-state index is 12.4. The van der Waals surface area contributed by atoms with Crippen molar-refractivity contribution in [1.29, 1.82) is 0 Å². The summed E-state index contributed by atoms with van der Waals surface area (Å²) in [5, 5.41) is 3.03. The van der Waals surface area contributed by atoms with Gasteiger partial charge in [-0.3, -0.25) is 9.78 Å². The number of amides is 1. The molecule has 1 heterocycles. The molecule has 0 spiro atoms. The van der Waals surface area contributed by atoms with Crippen molar-refractivity contribution >= 4 is 33.9 Å². The van der Waals surface area contributed by atoms with E-state index in [2.05, 4.69) is 36.2 Å². The van der Waals surface area contributed by atoms with Gasteiger partial charge in [-0.1, -0.05) is 48.8 Å². The van der Waals surface area contributed by atoms with Crippen molar-refractivity contribution in [3.8, 4) is 5.88 Å². The number of rotatable bonds is 8. The lowest BCUT2D eigenvalue weighted by Gasteiger charge is -2.18. The van der Waals surface area contributed by atoms with Crippen molar-refractivity contribution < 1.29 is 9.53 Å². The van der Waals surface area contributed by atoms with Gasteiger partial charge in [0.15, 0.2) is 5.82 Å². The zero-order valence-corrected chi connectivity index (χ0v) is 19.1. The summed E-state index contributed by atoms with van der Waals surface area (Å²) in [4.78, 5) is 24.8. The van der Waals surface area contributed by atoms with E-state index in [0.29, 0.717) is 18.3 Å². The number of carbonyl (C=O) groups is 1. The van der Waals surface area contributed by atoms with Crippen LogP contribution in [0.1, 0.15) is 45.6 Å². The van der Waals surface area contributed by atoms with Crippen LogP contribution in [0.15, 0.2) is 57.9 Å². The highest BCUT2D eigenvalue weighted by atomic mass is 79.9. The maximum Gasteiger partial charge on any atom is 0.267 e. The molecule has 1 fully saturated rings. The van der Waals surface area contributed by atoms with Crippen LogP contribution in [0.2, 0.25) is 0 Å². The Morgan fingerprint density at radius 2 is 2.13 bits per heavy atom. The van der Waals surface area contributed by atoms with Gasteiger partial charge in [-0.05, 0) is 43.0 Å². The van der Waals surface area contributed by atoms with E-state index in [1.54, 1.807) is 0 Å². The minimum Gasteiger partial charge on any atom is -0.477 e. The van der Waals surface area contributed by atoms with E-state index in [4.69, 9.17) is 10.5 Å². The SMILES string of the molecule is CC.CCCOc1cncc(/N=C/C=C(\N)C(=O)NC2(c3cccc(Br)c3)CC2)n1. The number of hydrogen-bond donors (Lipinski definition) is 2. The molecule has 1 aliphatic carbocycles. The number of halogens is 1. The van der Waals surface area contributed by atoms with Gasteiger partial charge in [-0.15, -0.1) is 0 Å². The van der Waals surface area contributed by atoms with Crippen LogP contribution < -0.4 is 15.8 Å². The molecule has 7 nitrogen and oxygen atoms in total. The van der Waals surface area contributed by atoms with E-state index in [1.165, 1.54) is 24.7 Å². The van der Waals surface area contributed by atoms with Gasteiger partial charge >= 0.3 is 0 Å². The second-order valence-corrected chi connectivity index (χ2v) is 7.43. The Morgan fingerprint density at radius 3 is 2.80 bits per heavy atom. The Morgan fingerprint density at radius 1 is 1.37 bits per heavy atom. The van der Waals surface area contributed by atoms with Crippen molar-refractivity contribution in [2.24, 2.45) is 10.7 Å². The average molecular weight is 474 g/mol. The first kappa shape index (κ1) is 23.5. The normalized spacial score (nSPS) is 14.6. The van der Waals surface area contributed by atoms with Crippen molar-refractivity contribution in [3.63, 3.8) is 0 Å². The second kappa shape index (κ2) is 11.4. The minimum atomic E-state index is -0.340. The van der Waals surface area contributed by atoms with Crippen molar-refractivity contribution in [2.45, 2.75) is 45.6 Å². The lowest BCUT2D eigenvalue weighted by Crippen LogP contribution is -2.37. The van der Waals surface area contributed by atoms with Crippen LogP contribution in [-0.4, -0.2) is 28.7 Å². The third-order valence-corrected chi connectivity index (χ3v) is 4.75. The van der Waals surface area contributed by atoms with Crippen LogP contribution >= 0.6 is 15.9 Å². The third-order valence-electron chi connectivity index (χ3n) is 4.26. The first-order valence-electron chi connectivity index (χ1n) is 10.1. The van der Waals surface area contributed by atoms with Crippen LogP contribution in [0.3, 0.4) is 0 Å². The average Bonchev–Trinajstić information content (AvgIpc) is 3.54. The van der Waals surface area contributed by atoms with Crippen LogP contribution in [0.4, 0.5) is 5.82 Å². The van der Waals surface area contributed by atoms with E-state index in [0.717, 1.165) is 29.3 Å². The zero-order chi connectivity index (χ0) is 22.0. The fourth-order valence-corrected chi connectivity index (χ4v) is 3.03. The van der Waals surface area contributed by atoms with E-state index in [1.807, 2.05) is 45.0 Å². The number of ether oxygens (including phenoxy) is 1. The maximum absolute atomic E-state index is 12.4. The van der Waals surface area contributed by atoms with Gasteiger partial charge in [0.05, 0.1) is 30.2 Å². The molecular formula is C22H28BrN5O2. The fraction of sp³-hybridized carbons (Fsp3) is 0.364. The Bertz CT molecular complexity index is 910. The summed E-state index contributed by atoms with van der Waals surface area (Å²) in [6.45, 7) is 6.57. The van der Waals surface area contributed by atoms with Crippen molar-refractivity contribution in [1.82, 2.24) is 15.3 Å². The number of carbonyl (C=O) groups excluding carboxylic acids is 1. The summed E-state index contributed by atoms with van der Waals surface area (Å²) in [5.74, 6) is 0.469. The largest absolute Gasteiger partial charge is 0.477 e. The molecule has 0 unspecified atom stereocenters. The number of aliphatic imine (C=N–C) groups is 1. The number of nitrogens with two attached hydrogens (primary N) is 1. The molecule has 160 valence electrons. The van der Waals surface area contributed by atoms with Gasteiger partial charge in [0.25, 0.3) is 5.91 Å². The van der Waals surface area contributed by atoms with Crippen LogP contribution in [0, 0.1) is 0 Å². The zero-order valence-electron chi connectivity index (χ0n) is 17.6. The van der Waals surface area contributed by atoms with Gasteiger partial charge in [0, 0.05) is 10.7 Å². The summed E-state index contributed by atoms with van der Waals surface area (Å²) in [5.41, 5.74) is 6.71. The Kier molecular flexibility index (Phi) is 8.98. The molecule has 1 amide bonds. The minimum absolute atomic E-state index is 0.0800. The van der Waals surface area contributed by atoms with E-state index in [-0.39, 0.29) is 17.1 Å². The van der Waals surface area contributed by atoms with E-state index >= 15 is 0 Å². The highest BCUT2D eigenvalue weighted by molar-refractivity contribution is 9.10. The molecule has 0 bridgehead atoms. The van der Waals surface area contributed by atoms with Gasteiger partial charge in [-0.2, -0.15) is 4.98 Å². The number of aromatic nitrogens is 2. The third kappa shape index (κ3) is 6.66. The topological polar surface area (TPSA) is 102 Å². The lowest BCUT2D eigenvalue weighted by atomic mass is 10.0. The molecule has 1 saturated carbocycles. The molecule has 0 atom stereocenters. The van der Waals surface area contributed by atoms with Crippen LogP contribution in [0.25, 0.3) is 0 Å². The highest BCUT2D eigenvalue weighted by Crippen LogP contribution is 2.46. The molecule has 8 heteroatoms. The number of nitrogens with zero attached hydrogens (tertiary/aromatic N) is 3. The fourth-order valence-electron chi connectivity index (χ4n) is 2.63. The Balaban J connectivity index is 0.00000155. The molecule has 0 saturated heterocycles. The predicted octanol–water partition coefficient (Wildman–Crippen LogP) is 4.40. The molecule has 30 heavy (non-hydrogen) atoms.